The van der Waals surface area contributed by atoms with E-state index in [0.717, 1.165) is 19.3 Å². The fourth-order valence-electron chi connectivity index (χ4n) is 2.08. The van der Waals surface area contributed by atoms with Crippen LogP contribution >= 0.6 is 0 Å². The Morgan fingerprint density at radius 2 is 1.95 bits per heavy atom. The number of carbonyl (C=O) groups excluding carboxylic acids is 1. The number of primary amides is 1. The molecule has 4 nitrogen and oxygen atoms in total. The van der Waals surface area contributed by atoms with E-state index in [9.17, 15) is 9.18 Å². The third-order valence-corrected chi connectivity index (χ3v) is 3.22. The molecule has 0 spiro atoms. The molecule has 0 atom stereocenters. The summed E-state index contributed by atoms with van der Waals surface area (Å²) in [7, 11) is -0.644. The van der Waals surface area contributed by atoms with Crippen LogP contribution in [0, 0.1) is 5.82 Å². The van der Waals surface area contributed by atoms with Crippen molar-refractivity contribution in [2.24, 2.45) is 5.73 Å². The van der Waals surface area contributed by atoms with Crippen molar-refractivity contribution in [2.45, 2.75) is 38.4 Å². The zero-order valence-electron chi connectivity index (χ0n) is 10.9. The number of unbranched alkanes of at least 4 members (excludes halogenated alkanes) is 2. The quantitative estimate of drug-likeness (QED) is 0.623. The molecule has 102 valence electrons. The summed E-state index contributed by atoms with van der Waals surface area (Å²) in [4.78, 5) is 11.4. The van der Waals surface area contributed by atoms with Crippen LogP contribution in [0.15, 0.2) is 24.3 Å². The van der Waals surface area contributed by atoms with E-state index in [1.165, 1.54) is 12.1 Å². The smallest absolute Gasteiger partial charge is 0.372 e. The Bertz CT molecular complexity index is 446. The van der Waals surface area contributed by atoms with Gasteiger partial charge in [0.2, 0.25) is 5.79 Å². The molecule has 19 heavy (non-hydrogen) atoms. The largest absolute Gasteiger partial charge is 0.498 e. The second kappa shape index (κ2) is 5.71. The molecule has 0 radical (unpaired) electrons. The van der Waals surface area contributed by atoms with Gasteiger partial charge in [0.25, 0.3) is 5.91 Å². The standard InChI is InChI=1S/C13H17BFNO3/c1-2-3-4-9-13(12(16)17)18-14(19-13)10-5-7-11(15)8-6-10/h5-8H,2-4,9H2,1H3,(H2,16,17). The minimum absolute atomic E-state index is 0.327. The highest BCUT2D eigenvalue weighted by Crippen LogP contribution is 2.31. The van der Waals surface area contributed by atoms with Crippen molar-refractivity contribution in [1.29, 1.82) is 0 Å². The second-order valence-corrected chi connectivity index (χ2v) is 4.69. The van der Waals surface area contributed by atoms with Gasteiger partial charge in [-0.2, -0.15) is 0 Å². The molecule has 1 aliphatic heterocycles. The summed E-state index contributed by atoms with van der Waals surface area (Å²) in [5.74, 6) is -2.25. The van der Waals surface area contributed by atoms with E-state index in [1.807, 2.05) is 0 Å². The lowest BCUT2D eigenvalue weighted by Gasteiger charge is -2.44. The zero-order chi connectivity index (χ0) is 13.9. The maximum atomic E-state index is 12.8. The molecule has 0 saturated carbocycles. The van der Waals surface area contributed by atoms with Gasteiger partial charge in [0, 0.05) is 6.42 Å². The average Bonchev–Trinajstić information content (AvgIpc) is 2.33. The van der Waals surface area contributed by atoms with Crippen LogP contribution in [0.1, 0.15) is 32.6 Å². The Hall–Kier alpha value is -1.40. The van der Waals surface area contributed by atoms with E-state index >= 15 is 0 Å². The molecule has 1 saturated heterocycles. The zero-order valence-corrected chi connectivity index (χ0v) is 10.9. The number of amides is 1. The molecule has 2 rings (SSSR count). The van der Waals surface area contributed by atoms with Gasteiger partial charge in [-0.1, -0.05) is 31.9 Å². The summed E-state index contributed by atoms with van der Waals surface area (Å²) in [6.07, 6.45) is 3.29. The molecule has 1 fully saturated rings. The number of hydrogen-bond donors (Lipinski definition) is 1. The number of halogens is 1. The first-order valence-electron chi connectivity index (χ1n) is 6.48. The van der Waals surface area contributed by atoms with Gasteiger partial charge in [-0.3, -0.25) is 4.79 Å². The molecular weight excluding hydrogens is 248 g/mol. The van der Waals surface area contributed by atoms with Crippen molar-refractivity contribution in [2.75, 3.05) is 0 Å². The van der Waals surface area contributed by atoms with Crippen molar-refractivity contribution in [3.63, 3.8) is 0 Å². The summed E-state index contributed by atoms with van der Waals surface area (Å²) < 4.78 is 23.9. The van der Waals surface area contributed by atoms with E-state index in [1.54, 1.807) is 12.1 Å². The number of nitrogens with two attached hydrogens (primary N) is 1. The average molecular weight is 265 g/mol. The Morgan fingerprint density at radius 1 is 1.32 bits per heavy atom. The number of benzene rings is 1. The number of hydrogen-bond acceptors (Lipinski definition) is 3. The van der Waals surface area contributed by atoms with Gasteiger partial charge in [-0.05, 0) is 24.0 Å². The molecule has 1 aliphatic rings. The molecular formula is C13H17BFNO3. The molecule has 1 aromatic carbocycles. The maximum Gasteiger partial charge on any atom is 0.498 e. The summed E-state index contributed by atoms with van der Waals surface area (Å²) in [5, 5.41) is 0. The second-order valence-electron chi connectivity index (χ2n) is 4.69. The van der Waals surface area contributed by atoms with Gasteiger partial charge < -0.3 is 15.0 Å². The predicted molar refractivity (Wildman–Crippen MR) is 70.0 cm³/mol. The Balaban J connectivity index is 1.97. The monoisotopic (exact) mass is 265 g/mol. The summed E-state index contributed by atoms with van der Waals surface area (Å²) in [6, 6.07) is 5.78. The first kappa shape index (κ1) is 14.0. The Labute approximate surface area is 112 Å². The van der Waals surface area contributed by atoms with Crippen molar-refractivity contribution in [1.82, 2.24) is 0 Å². The molecule has 0 unspecified atom stereocenters. The molecule has 0 bridgehead atoms. The molecule has 0 aromatic heterocycles. The minimum atomic E-state index is -1.31. The summed E-state index contributed by atoms with van der Waals surface area (Å²) in [6.45, 7) is 2.07. The highest BCUT2D eigenvalue weighted by Gasteiger charge is 2.54. The molecule has 6 heteroatoms. The molecule has 0 aliphatic carbocycles. The number of rotatable bonds is 6. The Kier molecular flexibility index (Phi) is 4.22. The number of carbonyl (C=O) groups is 1. The van der Waals surface area contributed by atoms with Gasteiger partial charge in [0.15, 0.2) is 0 Å². The highest BCUT2D eigenvalue weighted by atomic mass is 19.1. The first-order valence-corrected chi connectivity index (χ1v) is 6.48. The van der Waals surface area contributed by atoms with E-state index in [0.29, 0.717) is 11.9 Å². The molecule has 1 aromatic rings. The lowest BCUT2D eigenvalue weighted by molar-refractivity contribution is -0.214. The lowest BCUT2D eigenvalue weighted by atomic mass is 9.74. The fraction of sp³-hybridized carbons (Fsp3) is 0.462. The van der Waals surface area contributed by atoms with Crippen molar-refractivity contribution < 1.29 is 18.5 Å². The van der Waals surface area contributed by atoms with E-state index < -0.39 is 18.8 Å². The minimum Gasteiger partial charge on any atom is -0.372 e. The molecule has 2 N–H and O–H groups in total. The van der Waals surface area contributed by atoms with Crippen LogP contribution < -0.4 is 11.2 Å². The van der Waals surface area contributed by atoms with E-state index in [4.69, 9.17) is 15.0 Å². The van der Waals surface area contributed by atoms with Crippen LogP contribution in [0.2, 0.25) is 0 Å². The third kappa shape index (κ3) is 2.96. The van der Waals surface area contributed by atoms with Gasteiger partial charge >= 0.3 is 7.12 Å². The maximum absolute atomic E-state index is 12.8. The van der Waals surface area contributed by atoms with E-state index in [-0.39, 0.29) is 5.82 Å². The van der Waals surface area contributed by atoms with Crippen molar-refractivity contribution in [3.05, 3.63) is 30.1 Å². The normalized spacial score (nSPS) is 17.1. The van der Waals surface area contributed by atoms with Crippen molar-refractivity contribution >= 4 is 18.5 Å². The van der Waals surface area contributed by atoms with Gasteiger partial charge in [0.1, 0.15) is 5.82 Å². The summed E-state index contributed by atoms with van der Waals surface area (Å²) in [5.41, 5.74) is 6.01. The fourth-order valence-corrected chi connectivity index (χ4v) is 2.08. The SMILES string of the molecule is CCCCCC1(C(N)=O)OB(c2ccc(F)cc2)O1. The van der Waals surface area contributed by atoms with Crippen LogP contribution in [0.25, 0.3) is 0 Å². The van der Waals surface area contributed by atoms with Crippen molar-refractivity contribution in [3.8, 4) is 0 Å². The van der Waals surface area contributed by atoms with Crippen LogP contribution in [0.4, 0.5) is 4.39 Å². The molecule has 1 amide bonds. The van der Waals surface area contributed by atoms with Gasteiger partial charge in [-0.25, -0.2) is 4.39 Å². The van der Waals surface area contributed by atoms with Crippen LogP contribution in [-0.2, 0) is 14.1 Å². The summed E-state index contributed by atoms with van der Waals surface area (Å²) >= 11 is 0. The first-order chi connectivity index (χ1) is 9.07. The van der Waals surface area contributed by atoms with E-state index in [2.05, 4.69) is 6.92 Å². The topological polar surface area (TPSA) is 61.6 Å². The predicted octanol–water partition coefficient (Wildman–Crippen LogP) is 1.33. The van der Waals surface area contributed by atoms with Crippen LogP contribution in [0.3, 0.4) is 0 Å². The molecule has 1 heterocycles. The van der Waals surface area contributed by atoms with Gasteiger partial charge in [0.05, 0.1) is 0 Å². The van der Waals surface area contributed by atoms with Crippen LogP contribution in [0.5, 0.6) is 0 Å². The lowest BCUT2D eigenvalue weighted by Crippen LogP contribution is -2.67. The Morgan fingerprint density at radius 3 is 2.47 bits per heavy atom. The third-order valence-electron chi connectivity index (χ3n) is 3.22. The van der Waals surface area contributed by atoms with Crippen LogP contribution in [-0.4, -0.2) is 18.8 Å². The van der Waals surface area contributed by atoms with Gasteiger partial charge in [-0.15, -0.1) is 0 Å². The highest BCUT2D eigenvalue weighted by molar-refractivity contribution is 6.63.